The Morgan fingerprint density at radius 2 is 2.07 bits per heavy atom. The number of ether oxygens (including phenoxy) is 1. The first-order valence-corrected chi connectivity index (χ1v) is 9.49. The number of aliphatic hydroxyl groups excluding tert-OH is 1. The molecule has 3 aromatic rings. The topological polar surface area (TPSA) is 75.5 Å². The Hall–Kier alpha value is -2.83. The first kappa shape index (κ1) is 18.5. The van der Waals surface area contributed by atoms with Gasteiger partial charge in [0.2, 0.25) is 0 Å². The van der Waals surface area contributed by atoms with Crippen LogP contribution in [0.4, 0.5) is 10.5 Å². The number of aryl methyl sites for hydroxylation is 1. The molecule has 1 aromatic heterocycles. The lowest BCUT2D eigenvalue weighted by atomic mass is 10.1. The van der Waals surface area contributed by atoms with E-state index in [4.69, 9.17) is 4.74 Å². The van der Waals surface area contributed by atoms with Crippen LogP contribution in [0.15, 0.2) is 48.5 Å². The molecule has 0 aliphatic heterocycles. The quantitative estimate of drug-likeness (QED) is 0.636. The van der Waals surface area contributed by atoms with Gasteiger partial charge < -0.3 is 25.0 Å². The van der Waals surface area contributed by atoms with E-state index in [2.05, 4.69) is 28.2 Å². The van der Waals surface area contributed by atoms with Crippen molar-refractivity contribution < 1.29 is 14.6 Å². The van der Waals surface area contributed by atoms with E-state index in [-0.39, 0.29) is 6.03 Å². The van der Waals surface area contributed by atoms with Crippen LogP contribution >= 0.6 is 0 Å². The van der Waals surface area contributed by atoms with Crippen LogP contribution in [0.3, 0.4) is 0 Å². The second kappa shape index (κ2) is 7.66. The van der Waals surface area contributed by atoms with Gasteiger partial charge in [-0.05, 0) is 42.3 Å². The number of aliphatic hydroxyl groups is 1. The zero-order valence-electron chi connectivity index (χ0n) is 16.1. The molecule has 1 aliphatic rings. The largest absolute Gasteiger partial charge is 0.390 e. The van der Waals surface area contributed by atoms with Crippen molar-refractivity contribution in [1.29, 1.82) is 0 Å². The van der Waals surface area contributed by atoms with Gasteiger partial charge in [0, 0.05) is 42.4 Å². The molecule has 28 heavy (non-hydrogen) atoms. The maximum atomic E-state index is 12.5. The van der Waals surface area contributed by atoms with E-state index in [1.165, 1.54) is 0 Å². The van der Waals surface area contributed by atoms with Gasteiger partial charge in [0.05, 0.1) is 18.8 Å². The highest BCUT2D eigenvalue weighted by Crippen LogP contribution is 2.31. The molecule has 2 amide bonds. The lowest BCUT2D eigenvalue weighted by Gasteiger charge is -2.18. The van der Waals surface area contributed by atoms with Gasteiger partial charge in [-0.15, -0.1) is 0 Å². The van der Waals surface area contributed by atoms with Crippen molar-refractivity contribution >= 4 is 22.6 Å². The summed E-state index contributed by atoms with van der Waals surface area (Å²) in [4.78, 5) is 12.5. The number of nitrogens with one attached hydrogen (secondary N) is 2. The summed E-state index contributed by atoms with van der Waals surface area (Å²) in [5.41, 5.74) is 5.04. The zero-order valence-corrected chi connectivity index (χ0v) is 16.1. The molecule has 3 N–H and O–H groups in total. The fourth-order valence-corrected chi connectivity index (χ4v) is 4.02. The van der Waals surface area contributed by atoms with E-state index in [1.54, 1.807) is 7.11 Å². The molecule has 0 spiro atoms. The van der Waals surface area contributed by atoms with Gasteiger partial charge in [-0.25, -0.2) is 4.79 Å². The number of rotatable bonds is 5. The van der Waals surface area contributed by atoms with E-state index in [0.29, 0.717) is 13.0 Å². The van der Waals surface area contributed by atoms with Gasteiger partial charge in [-0.2, -0.15) is 0 Å². The molecular weight excluding hydrogens is 354 g/mol. The Labute approximate surface area is 164 Å². The van der Waals surface area contributed by atoms with Crippen molar-refractivity contribution in [2.24, 2.45) is 0 Å². The van der Waals surface area contributed by atoms with Crippen molar-refractivity contribution in [3.05, 3.63) is 65.4 Å². The highest BCUT2D eigenvalue weighted by atomic mass is 16.5. The molecule has 4 rings (SSSR count). The molecule has 1 aliphatic carbocycles. The number of benzene rings is 2. The summed E-state index contributed by atoms with van der Waals surface area (Å²) in [6.07, 6.45) is -0.0514. The molecule has 2 aromatic carbocycles. The van der Waals surface area contributed by atoms with Gasteiger partial charge in [0.15, 0.2) is 0 Å². The number of amides is 2. The van der Waals surface area contributed by atoms with E-state index >= 15 is 0 Å². The molecule has 146 valence electrons. The molecule has 2 atom stereocenters. The van der Waals surface area contributed by atoms with Crippen molar-refractivity contribution in [2.45, 2.75) is 32.0 Å². The Kier molecular flexibility index (Phi) is 5.07. The van der Waals surface area contributed by atoms with Gasteiger partial charge in [-0.1, -0.05) is 24.3 Å². The number of methoxy groups -OCH3 is 1. The van der Waals surface area contributed by atoms with Crippen molar-refractivity contribution in [2.75, 3.05) is 19.0 Å². The smallest absolute Gasteiger partial charge is 0.319 e. The number of anilines is 1. The Morgan fingerprint density at radius 3 is 2.89 bits per heavy atom. The number of fused-ring (bicyclic) bond motifs is 2. The SMILES string of the molecule is COCCn1c(C)cc2cc(NC(=O)NC3c4ccccc4CC3O)ccc21. The third-order valence-electron chi connectivity index (χ3n) is 5.38. The molecule has 0 saturated carbocycles. The molecule has 0 bridgehead atoms. The molecule has 0 radical (unpaired) electrons. The van der Waals surface area contributed by atoms with Crippen LogP contribution in [0.2, 0.25) is 0 Å². The summed E-state index contributed by atoms with van der Waals surface area (Å²) in [6, 6.07) is 15.1. The number of aromatic nitrogens is 1. The maximum Gasteiger partial charge on any atom is 0.319 e. The van der Waals surface area contributed by atoms with Gasteiger partial charge >= 0.3 is 6.03 Å². The fourth-order valence-electron chi connectivity index (χ4n) is 4.02. The number of urea groups is 1. The van der Waals surface area contributed by atoms with Crippen LogP contribution in [0.1, 0.15) is 22.9 Å². The number of carbonyl (C=O) groups is 1. The first-order chi connectivity index (χ1) is 13.6. The number of carbonyl (C=O) groups excluding carboxylic acids is 1. The Balaban J connectivity index is 1.48. The normalized spacial score (nSPS) is 18.2. The van der Waals surface area contributed by atoms with E-state index in [1.807, 2.05) is 42.5 Å². The number of hydrogen-bond acceptors (Lipinski definition) is 3. The minimum absolute atomic E-state index is 0.323. The summed E-state index contributed by atoms with van der Waals surface area (Å²) in [6.45, 7) is 3.50. The highest BCUT2D eigenvalue weighted by molar-refractivity contribution is 5.93. The van der Waals surface area contributed by atoms with Gasteiger partial charge in [-0.3, -0.25) is 0 Å². The lowest BCUT2D eigenvalue weighted by Crippen LogP contribution is -2.36. The molecule has 0 fully saturated rings. The second-order valence-corrected chi connectivity index (χ2v) is 7.25. The second-order valence-electron chi connectivity index (χ2n) is 7.25. The van der Waals surface area contributed by atoms with Gasteiger partial charge in [0.1, 0.15) is 0 Å². The predicted octanol–water partition coefficient (Wildman–Crippen LogP) is 3.38. The number of nitrogens with zero attached hydrogens (tertiary/aromatic N) is 1. The zero-order chi connectivity index (χ0) is 19.7. The molecule has 0 saturated heterocycles. The lowest BCUT2D eigenvalue weighted by molar-refractivity contribution is 0.144. The molecule has 6 nitrogen and oxygen atoms in total. The minimum Gasteiger partial charge on any atom is -0.390 e. The van der Waals surface area contributed by atoms with Crippen molar-refractivity contribution in [1.82, 2.24) is 9.88 Å². The van der Waals surface area contributed by atoms with Crippen LogP contribution in [0, 0.1) is 6.92 Å². The summed E-state index contributed by atoms with van der Waals surface area (Å²) in [5, 5.41) is 17.2. The van der Waals surface area contributed by atoms with Crippen molar-refractivity contribution in [3.8, 4) is 0 Å². The predicted molar refractivity (Wildman–Crippen MR) is 110 cm³/mol. The Morgan fingerprint density at radius 1 is 1.25 bits per heavy atom. The summed E-state index contributed by atoms with van der Waals surface area (Å²) < 4.78 is 7.39. The van der Waals surface area contributed by atoms with Crippen LogP contribution in [-0.2, 0) is 17.7 Å². The average Bonchev–Trinajstić information content (AvgIpc) is 3.15. The molecule has 2 unspecified atom stereocenters. The Bertz CT molecular complexity index is 1010. The molecule has 6 heteroatoms. The molecular formula is C22H25N3O3. The monoisotopic (exact) mass is 379 g/mol. The summed E-state index contributed by atoms with van der Waals surface area (Å²) >= 11 is 0. The minimum atomic E-state index is -0.608. The van der Waals surface area contributed by atoms with Crippen molar-refractivity contribution in [3.63, 3.8) is 0 Å². The molecule has 1 heterocycles. The average molecular weight is 379 g/mol. The highest BCUT2D eigenvalue weighted by Gasteiger charge is 2.31. The van der Waals surface area contributed by atoms with Crippen LogP contribution in [0.25, 0.3) is 10.9 Å². The van der Waals surface area contributed by atoms with E-state index < -0.39 is 12.1 Å². The third-order valence-corrected chi connectivity index (χ3v) is 5.38. The standard InChI is InChI=1S/C22H25N3O3/c1-14-11-16-12-17(7-8-19(16)25(14)9-10-28-2)23-22(27)24-21-18-6-4-3-5-15(18)13-20(21)26/h3-8,11-12,20-21,26H,9-10,13H2,1-2H3,(H2,23,24,27). The van der Waals surface area contributed by atoms with Gasteiger partial charge in [0.25, 0.3) is 0 Å². The fraction of sp³-hybridized carbons (Fsp3) is 0.318. The summed E-state index contributed by atoms with van der Waals surface area (Å²) in [7, 11) is 1.70. The van der Waals surface area contributed by atoms with E-state index in [0.717, 1.165) is 40.0 Å². The van der Waals surface area contributed by atoms with Crippen LogP contribution < -0.4 is 10.6 Å². The first-order valence-electron chi connectivity index (χ1n) is 9.49. The van der Waals surface area contributed by atoms with E-state index in [9.17, 15) is 9.90 Å². The summed E-state index contributed by atoms with van der Waals surface area (Å²) in [5.74, 6) is 0. The van der Waals surface area contributed by atoms with Crippen LogP contribution in [-0.4, -0.2) is 35.5 Å². The number of hydrogen-bond donors (Lipinski definition) is 3. The third kappa shape index (κ3) is 3.48. The van der Waals surface area contributed by atoms with Crippen LogP contribution in [0.5, 0.6) is 0 Å². The maximum absolute atomic E-state index is 12.5.